The Bertz CT molecular complexity index is 649. The van der Waals surface area contributed by atoms with Crippen LogP contribution in [0.3, 0.4) is 0 Å². The number of nitrogens with one attached hydrogen (secondary N) is 2. The molecule has 1 aromatic carbocycles. The minimum absolute atomic E-state index is 0.0393. The van der Waals surface area contributed by atoms with Gasteiger partial charge in [0.05, 0.1) is 6.04 Å². The van der Waals surface area contributed by atoms with Crippen molar-refractivity contribution in [3.8, 4) is 0 Å². The summed E-state index contributed by atoms with van der Waals surface area (Å²) in [6, 6.07) is 8.46. The number of ketones is 1. The van der Waals surface area contributed by atoms with Crippen molar-refractivity contribution in [1.29, 1.82) is 0 Å². The molecule has 0 aromatic heterocycles. The number of carbonyl (C=O) groups excluding carboxylic acids is 3. The van der Waals surface area contributed by atoms with E-state index >= 15 is 0 Å². The molecule has 2 rings (SSSR count). The summed E-state index contributed by atoms with van der Waals surface area (Å²) in [7, 11) is 0. The Hall–Kier alpha value is -2.17. The van der Waals surface area contributed by atoms with Crippen LogP contribution in [0.5, 0.6) is 0 Å². The third-order valence-electron chi connectivity index (χ3n) is 5.28. The number of hydrogen-bond acceptors (Lipinski definition) is 3. The van der Waals surface area contributed by atoms with Crippen LogP contribution in [0.25, 0.3) is 0 Å². The molecule has 27 heavy (non-hydrogen) atoms. The lowest BCUT2D eigenvalue weighted by Crippen LogP contribution is -2.62. The number of benzene rings is 1. The first kappa shape index (κ1) is 21.1. The molecule has 1 atom stereocenters. The number of amides is 2. The maximum Gasteiger partial charge on any atom is 0.252 e. The van der Waals surface area contributed by atoms with Crippen molar-refractivity contribution in [3.05, 3.63) is 35.9 Å². The Kier molecular flexibility index (Phi) is 7.57. The molecule has 1 saturated carbocycles. The second kappa shape index (κ2) is 9.67. The lowest BCUT2D eigenvalue weighted by molar-refractivity contribution is -0.133. The number of Topliss-reactive ketones (excluding diaryl/α,β-unsaturated/α-hetero) is 1. The van der Waals surface area contributed by atoms with Gasteiger partial charge in [0.15, 0.2) is 5.78 Å². The van der Waals surface area contributed by atoms with Gasteiger partial charge < -0.3 is 10.6 Å². The highest BCUT2D eigenvalue weighted by atomic mass is 16.2. The van der Waals surface area contributed by atoms with Crippen LogP contribution in [0, 0.1) is 5.92 Å². The van der Waals surface area contributed by atoms with E-state index in [1.165, 1.54) is 0 Å². The highest BCUT2D eigenvalue weighted by Crippen LogP contribution is 2.29. The van der Waals surface area contributed by atoms with E-state index in [9.17, 15) is 14.4 Å². The molecule has 1 aliphatic rings. The molecular formula is C22H32N2O3. The SMILES string of the molecule is CCC(=O)[C@H](CC(C)C)NC(=O)C1(NC(=O)c2ccccc2)CCCCC1. The quantitative estimate of drug-likeness (QED) is 0.732. The van der Waals surface area contributed by atoms with E-state index < -0.39 is 11.6 Å². The zero-order valence-electron chi connectivity index (χ0n) is 16.7. The molecule has 2 amide bonds. The Labute approximate surface area is 162 Å². The highest BCUT2D eigenvalue weighted by molar-refractivity contribution is 6.00. The smallest absolute Gasteiger partial charge is 0.252 e. The summed E-state index contributed by atoms with van der Waals surface area (Å²) < 4.78 is 0. The van der Waals surface area contributed by atoms with Gasteiger partial charge in [0, 0.05) is 12.0 Å². The van der Waals surface area contributed by atoms with Crippen LogP contribution in [0.15, 0.2) is 30.3 Å². The summed E-state index contributed by atoms with van der Waals surface area (Å²) in [6.07, 6.45) is 5.04. The van der Waals surface area contributed by atoms with Crippen molar-refractivity contribution in [1.82, 2.24) is 10.6 Å². The Morgan fingerprint density at radius 3 is 2.22 bits per heavy atom. The standard InChI is InChI=1S/C22H32N2O3/c1-4-19(25)18(15-16(2)3)23-21(27)22(13-9-6-10-14-22)24-20(26)17-11-7-5-8-12-17/h5,7-8,11-12,16,18H,4,6,9-10,13-15H2,1-3H3,(H,23,27)(H,24,26)/t18-/m0/s1. The van der Waals surface area contributed by atoms with Gasteiger partial charge in [-0.25, -0.2) is 0 Å². The molecule has 1 aromatic rings. The minimum atomic E-state index is -0.936. The number of hydrogen-bond donors (Lipinski definition) is 2. The van der Waals surface area contributed by atoms with E-state index in [2.05, 4.69) is 10.6 Å². The van der Waals surface area contributed by atoms with Crippen LogP contribution in [0.4, 0.5) is 0 Å². The van der Waals surface area contributed by atoms with Gasteiger partial charge in [-0.2, -0.15) is 0 Å². The topological polar surface area (TPSA) is 75.3 Å². The van der Waals surface area contributed by atoms with Gasteiger partial charge in [-0.05, 0) is 37.3 Å². The summed E-state index contributed by atoms with van der Waals surface area (Å²) >= 11 is 0. The van der Waals surface area contributed by atoms with E-state index in [-0.39, 0.29) is 17.6 Å². The van der Waals surface area contributed by atoms with E-state index in [4.69, 9.17) is 0 Å². The maximum absolute atomic E-state index is 13.2. The largest absolute Gasteiger partial charge is 0.344 e. The molecule has 0 spiro atoms. The summed E-state index contributed by atoms with van der Waals surface area (Å²) in [5, 5.41) is 5.97. The molecule has 0 unspecified atom stereocenters. The fourth-order valence-electron chi connectivity index (χ4n) is 3.73. The molecule has 1 aliphatic carbocycles. The van der Waals surface area contributed by atoms with Crippen molar-refractivity contribution in [3.63, 3.8) is 0 Å². The zero-order chi connectivity index (χ0) is 19.9. The minimum Gasteiger partial charge on any atom is -0.344 e. The second-order valence-corrected chi connectivity index (χ2v) is 7.94. The van der Waals surface area contributed by atoms with Crippen LogP contribution in [0.1, 0.15) is 76.1 Å². The van der Waals surface area contributed by atoms with Crippen molar-refractivity contribution in [2.24, 2.45) is 5.92 Å². The molecular weight excluding hydrogens is 340 g/mol. The summed E-state index contributed by atoms with van der Waals surface area (Å²) in [4.78, 5) is 38.3. The lowest BCUT2D eigenvalue weighted by atomic mass is 9.80. The van der Waals surface area contributed by atoms with Crippen LogP contribution < -0.4 is 10.6 Å². The van der Waals surface area contributed by atoms with Crippen LogP contribution in [0.2, 0.25) is 0 Å². The fourth-order valence-corrected chi connectivity index (χ4v) is 3.73. The van der Waals surface area contributed by atoms with Gasteiger partial charge in [-0.3, -0.25) is 14.4 Å². The molecule has 2 N–H and O–H groups in total. The first-order chi connectivity index (χ1) is 12.9. The number of carbonyl (C=O) groups is 3. The van der Waals surface area contributed by atoms with Crippen molar-refractivity contribution in [2.75, 3.05) is 0 Å². The molecule has 0 heterocycles. The number of rotatable bonds is 8. The van der Waals surface area contributed by atoms with E-state index in [0.29, 0.717) is 37.2 Å². The molecule has 5 heteroatoms. The van der Waals surface area contributed by atoms with Crippen LogP contribution in [-0.4, -0.2) is 29.2 Å². The van der Waals surface area contributed by atoms with E-state index in [0.717, 1.165) is 19.3 Å². The first-order valence-electron chi connectivity index (χ1n) is 10.1. The van der Waals surface area contributed by atoms with E-state index in [1.54, 1.807) is 24.3 Å². The average molecular weight is 373 g/mol. The fraction of sp³-hybridized carbons (Fsp3) is 0.591. The van der Waals surface area contributed by atoms with Gasteiger partial charge in [0.2, 0.25) is 5.91 Å². The third-order valence-corrected chi connectivity index (χ3v) is 5.28. The van der Waals surface area contributed by atoms with Gasteiger partial charge in [-0.1, -0.05) is 58.2 Å². The van der Waals surface area contributed by atoms with Crippen molar-refractivity contribution >= 4 is 17.6 Å². The second-order valence-electron chi connectivity index (χ2n) is 7.94. The zero-order valence-corrected chi connectivity index (χ0v) is 16.7. The lowest BCUT2D eigenvalue weighted by Gasteiger charge is -2.37. The predicted molar refractivity (Wildman–Crippen MR) is 106 cm³/mol. The summed E-state index contributed by atoms with van der Waals surface area (Å²) in [5.41, 5.74) is -0.396. The van der Waals surface area contributed by atoms with Crippen molar-refractivity contribution < 1.29 is 14.4 Å². The molecule has 148 valence electrons. The Balaban J connectivity index is 2.19. The molecule has 0 bridgehead atoms. The van der Waals surface area contributed by atoms with Gasteiger partial charge in [-0.15, -0.1) is 0 Å². The van der Waals surface area contributed by atoms with Gasteiger partial charge in [0.25, 0.3) is 5.91 Å². The molecule has 0 radical (unpaired) electrons. The third kappa shape index (κ3) is 5.65. The van der Waals surface area contributed by atoms with E-state index in [1.807, 2.05) is 26.8 Å². The summed E-state index contributed by atoms with van der Waals surface area (Å²) in [6.45, 7) is 5.89. The van der Waals surface area contributed by atoms with Gasteiger partial charge in [0.1, 0.15) is 5.54 Å². The predicted octanol–water partition coefficient (Wildman–Crippen LogP) is 3.63. The monoisotopic (exact) mass is 372 g/mol. The summed E-state index contributed by atoms with van der Waals surface area (Å²) in [5.74, 6) is -0.127. The molecule has 5 nitrogen and oxygen atoms in total. The first-order valence-corrected chi connectivity index (χ1v) is 10.1. The van der Waals surface area contributed by atoms with Crippen LogP contribution >= 0.6 is 0 Å². The maximum atomic E-state index is 13.2. The van der Waals surface area contributed by atoms with Gasteiger partial charge >= 0.3 is 0 Å². The molecule has 0 aliphatic heterocycles. The van der Waals surface area contributed by atoms with Crippen molar-refractivity contribution in [2.45, 2.75) is 77.3 Å². The highest BCUT2D eigenvalue weighted by Gasteiger charge is 2.42. The normalized spacial score (nSPS) is 17.2. The average Bonchev–Trinajstić information content (AvgIpc) is 2.67. The Morgan fingerprint density at radius 1 is 1.04 bits per heavy atom. The molecule has 0 saturated heterocycles. The molecule has 1 fully saturated rings. The Morgan fingerprint density at radius 2 is 1.67 bits per heavy atom. The van der Waals surface area contributed by atoms with Crippen LogP contribution in [-0.2, 0) is 9.59 Å².